The quantitative estimate of drug-likeness (QED) is 0.592. The first-order valence-electron chi connectivity index (χ1n) is 9.25. The molecule has 0 fully saturated rings. The van der Waals surface area contributed by atoms with Gasteiger partial charge in [0.15, 0.2) is 0 Å². The molecule has 0 aliphatic heterocycles. The largest absolute Gasteiger partial charge is 0.508 e. The molecule has 7 heteroatoms. The van der Waals surface area contributed by atoms with Crippen LogP contribution in [0.4, 0.5) is 4.39 Å². The molecule has 0 saturated carbocycles. The number of halogens is 2. The third kappa shape index (κ3) is 4.12. The number of phenolic OH excluding ortho intramolecular Hbond substituents is 1. The number of rotatable bonds is 5. The lowest BCUT2D eigenvalue weighted by atomic mass is 10.1. The SMILES string of the molecule is CC[C@@H](C)OC(=O)Cc1c(C)n(C(=O)c2ccc(Cl)c(F)c2)c2ccc(O)cc12. The number of fused-ring (bicyclic) bond motifs is 1. The van der Waals surface area contributed by atoms with Gasteiger partial charge in [0, 0.05) is 16.6 Å². The Morgan fingerprint density at radius 3 is 2.62 bits per heavy atom. The third-order valence-electron chi connectivity index (χ3n) is 4.92. The molecular formula is C22H21ClFNO4. The van der Waals surface area contributed by atoms with E-state index in [0.29, 0.717) is 28.6 Å². The van der Waals surface area contributed by atoms with E-state index in [1.807, 2.05) is 6.92 Å². The first kappa shape index (κ1) is 20.9. The molecule has 5 nitrogen and oxygen atoms in total. The number of carbonyl (C=O) groups excluding carboxylic acids is 2. The number of benzene rings is 2. The Balaban J connectivity index is 2.10. The predicted molar refractivity (Wildman–Crippen MR) is 109 cm³/mol. The Labute approximate surface area is 172 Å². The lowest BCUT2D eigenvalue weighted by Crippen LogP contribution is -2.17. The van der Waals surface area contributed by atoms with E-state index in [1.165, 1.54) is 28.8 Å². The summed E-state index contributed by atoms with van der Waals surface area (Å²) in [5.41, 5.74) is 1.72. The number of phenols is 1. The number of hydrogen-bond donors (Lipinski definition) is 1. The number of nitrogens with zero attached hydrogens (tertiary/aromatic N) is 1. The summed E-state index contributed by atoms with van der Waals surface area (Å²) >= 11 is 5.72. The Kier molecular flexibility index (Phi) is 5.94. The Morgan fingerprint density at radius 1 is 1.24 bits per heavy atom. The van der Waals surface area contributed by atoms with Crippen molar-refractivity contribution >= 4 is 34.4 Å². The van der Waals surface area contributed by atoms with Crippen molar-refractivity contribution in [2.45, 2.75) is 39.7 Å². The smallest absolute Gasteiger partial charge is 0.310 e. The number of hydrogen-bond acceptors (Lipinski definition) is 4. The van der Waals surface area contributed by atoms with Crippen LogP contribution in [-0.4, -0.2) is 27.7 Å². The lowest BCUT2D eigenvalue weighted by Gasteiger charge is -2.11. The van der Waals surface area contributed by atoms with Crippen LogP contribution in [0, 0.1) is 12.7 Å². The Hall–Kier alpha value is -2.86. The van der Waals surface area contributed by atoms with Crippen LogP contribution < -0.4 is 0 Å². The van der Waals surface area contributed by atoms with Gasteiger partial charge in [-0.2, -0.15) is 0 Å². The number of aromatic hydroxyl groups is 1. The molecule has 0 amide bonds. The molecule has 29 heavy (non-hydrogen) atoms. The van der Waals surface area contributed by atoms with Gasteiger partial charge in [0.1, 0.15) is 11.6 Å². The molecular weight excluding hydrogens is 397 g/mol. The van der Waals surface area contributed by atoms with Crippen molar-refractivity contribution in [3.8, 4) is 5.75 Å². The molecule has 3 aromatic rings. The maximum Gasteiger partial charge on any atom is 0.310 e. The van der Waals surface area contributed by atoms with Gasteiger partial charge >= 0.3 is 5.97 Å². The molecule has 0 radical (unpaired) electrons. The van der Waals surface area contributed by atoms with Gasteiger partial charge in [-0.15, -0.1) is 0 Å². The standard InChI is InChI=1S/C22H21ClFNO4/c1-4-12(2)29-21(27)11-16-13(3)25(20-8-6-15(26)10-17(16)20)22(28)14-5-7-18(23)19(24)9-14/h5-10,12,26H,4,11H2,1-3H3/t12-/m1/s1. The molecule has 0 spiro atoms. The van der Waals surface area contributed by atoms with Gasteiger partial charge in [0.05, 0.1) is 23.1 Å². The van der Waals surface area contributed by atoms with Gasteiger partial charge in [-0.05, 0) is 62.2 Å². The van der Waals surface area contributed by atoms with Crippen molar-refractivity contribution in [1.29, 1.82) is 0 Å². The van der Waals surface area contributed by atoms with Crippen LogP contribution in [0.3, 0.4) is 0 Å². The van der Waals surface area contributed by atoms with Gasteiger partial charge in [-0.3, -0.25) is 14.2 Å². The average molecular weight is 418 g/mol. The third-order valence-corrected chi connectivity index (χ3v) is 5.22. The van der Waals surface area contributed by atoms with E-state index in [-0.39, 0.29) is 28.9 Å². The minimum Gasteiger partial charge on any atom is -0.508 e. The second kappa shape index (κ2) is 8.25. The molecule has 1 heterocycles. The summed E-state index contributed by atoms with van der Waals surface area (Å²) in [6.45, 7) is 5.42. The Bertz CT molecular complexity index is 1110. The maximum atomic E-state index is 13.9. The first-order chi connectivity index (χ1) is 13.7. The molecule has 1 atom stereocenters. The second-order valence-electron chi connectivity index (χ2n) is 6.92. The van der Waals surface area contributed by atoms with Crippen LogP contribution in [-0.2, 0) is 16.0 Å². The van der Waals surface area contributed by atoms with Crippen LogP contribution >= 0.6 is 11.6 Å². The monoisotopic (exact) mass is 417 g/mol. The zero-order chi connectivity index (χ0) is 21.3. The summed E-state index contributed by atoms with van der Waals surface area (Å²) in [4.78, 5) is 25.5. The fourth-order valence-corrected chi connectivity index (χ4v) is 3.33. The predicted octanol–water partition coefficient (Wildman–Crippen LogP) is 5.02. The summed E-state index contributed by atoms with van der Waals surface area (Å²) < 4.78 is 20.6. The van der Waals surface area contributed by atoms with Gasteiger partial charge < -0.3 is 9.84 Å². The van der Waals surface area contributed by atoms with Gasteiger partial charge in [-0.1, -0.05) is 18.5 Å². The van der Waals surface area contributed by atoms with E-state index in [2.05, 4.69) is 0 Å². The molecule has 3 rings (SSSR count). The average Bonchev–Trinajstić information content (AvgIpc) is 2.94. The van der Waals surface area contributed by atoms with Crippen LogP contribution in [0.15, 0.2) is 36.4 Å². The van der Waals surface area contributed by atoms with E-state index < -0.39 is 17.7 Å². The topological polar surface area (TPSA) is 68.5 Å². The van der Waals surface area contributed by atoms with Crippen LogP contribution in [0.25, 0.3) is 10.9 Å². The van der Waals surface area contributed by atoms with Crippen molar-refractivity contribution in [1.82, 2.24) is 4.57 Å². The molecule has 0 aliphatic rings. The van der Waals surface area contributed by atoms with Crippen LogP contribution in [0.5, 0.6) is 5.75 Å². The maximum absolute atomic E-state index is 13.9. The van der Waals surface area contributed by atoms with Gasteiger partial charge in [0.25, 0.3) is 5.91 Å². The van der Waals surface area contributed by atoms with E-state index in [0.717, 1.165) is 6.07 Å². The summed E-state index contributed by atoms with van der Waals surface area (Å²) in [5, 5.41) is 10.4. The van der Waals surface area contributed by atoms with Crippen LogP contribution in [0.1, 0.15) is 41.9 Å². The van der Waals surface area contributed by atoms with Crippen molar-refractivity contribution in [2.75, 3.05) is 0 Å². The Morgan fingerprint density at radius 2 is 1.97 bits per heavy atom. The minimum absolute atomic E-state index is 0.0104. The zero-order valence-electron chi connectivity index (χ0n) is 16.3. The summed E-state index contributed by atoms with van der Waals surface area (Å²) in [7, 11) is 0. The fourth-order valence-electron chi connectivity index (χ4n) is 3.21. The van der Waals surface area contributed by atoms with E-state index in [4.69, 9.17) is 16.3 Å². The molecule has 0 bridgehead atoms. The van der Waals surface area contributed by atoms with Gasteiger partial charge in [0.2, 0.25) is 0 Å². The zero-order valence-corrected chi connectivity index (χ0v) is 17.1. The second-order valence-corrected chi connectivity index (χ2v) is 7.33. The first-order valence-corrected chi connectivity index (χ1v) is 9.62. The molecule has 1 aromatic heterocycles. The molecule has 2 aromatic carbocycles. The number of esters is 1. The molecule has 0 saturated heterocycles. The summed E-state index contributed by atoms with van der Waals surface area (Å²) in [6.07, 6.45) is 0.419. The fraction of sp³-hybridized carbons (Fsp3) is 0.273. The molecule has 1 N–H and O–H groups in total. The van der Waals surface area contributed by atoms with E-state index in [1.54, 1.807) is 19.9 Å². The summed E-state index contributed by atoms with van der Waals surface area (Å²) in [6, 6.07) is 8.38. The van der Waals surface area contributed by atoms with E-state index >= 15 is 0 Å². The highest BCUT2D eigenvalue weighted by Gasteiger charge is 2.23. The lowest BCUT2D eigenvalue weighted by molar-refractivity contribution is -0.147. The number of carbonyl (C=O) groups is 2. The number of aromatic nitrogens is 1. The summed E-state index contributed by atoms with van der Waals surface area (Å²) in [5.74, 6) is -1.57. The molecule has 152 valence electrons. The highest BCUT2D eigenvalue weighted by atomic mass is 35.5. The number of ether oxygens (including phenoxy) is 1. The van der Waals surface area contributed by atoms with Crippen molar-refractivity contribution in [3.63, 3.8) is 0 Å². The van der Waals surface area contributed by atoms with E-state index in [9.17, 15) is 19.1 Å². The van der Waals surface area contributed by atoms with Crippen molar-refractivity contribution in [2.24, 2.45) is 0 Å². The van der Waals surface area contributed by atoms with Crippen molar-refractivity contribution in [3.05, 3.63) is 64.1 Å². The minimum atomic E-state index is -0.693. The molecule has 0 unspecified atom stereocenters. The normalized spacial score (nSPS) is 12.2. The molecule has 0 aliphatic carbocycles. The highest BCUT2D eigenvalue weighted by molar-refractivity contribution is 6.30. The van der Waals surface area contributed by atoms with Crippen LogP contribution in [0.2, 0.25) is 5.02 Å². The highest BCUT2D eigenvalue weighted by Crippen LogP contribution is 2.31. The van der Waals surface area contributed by atoms with Crippen molar-refractivity contribution < 1.29 is 23.8 Å². The van der Waals surface area contributed by atoms with Gasteiger partial charge in [-0.25, -0.2) is 4.39 Å².